The second kappa shape index (κ2) is 15.3. The number of hydrogen-bond donors (Lipinski definition) is 2. The van der Waals surface area contributed by atoms with E-state index in [1.54, 1.807) is 6.20 Å². The van der Waals surface area contributed by atoms with Gasteiger partial charge in [0.25, 0.3) is 0 Å². The molecule has 0 amide bonds. The first kappa shape index (κ1) is 32.4. The molecule has 240 valence electrons. The Labute approximate surface area is 263 Å². The van der Waals surface area contributed by atoms with E-state index < -0.39 is 5.97 Å². The quantitative estimate of drug-likeness (QED) is 0.214. The molecule has 44 heavy (non-hydrogen) atoms. The molecule has 0 aliphatic carbocycles. The highest BCUT2D eigenvalue weighted by Crippen LogP contribution is 2.41. The van der Waals surface area contributed by atoms with Gasteiger partial charge in [0.2, 0.25) is 0 Å². The molecular formula is C35H53N7O2. The molecule has 1 unspecified atom stereocenters. The summed E-state index contributed by atoms with van der Waals surface area (Å²) in [6.45, 7) is 15.4. The second-order valence-corrected chi connectivity index (χ2v) is 13.2. The van der Waals surface area contributed by atoms with Gasteiger partial charge in [-0.2, -0.15) is 0 Å². The SMILES string of the molecule is CCC(CCn1ccnc1CN(Cc1ccc(CN2CCC3(CCN(C(CC)CC)CC3)C2)cc1)Cc1ncc[nH]1)C(=O)O. The van der Waals surface area contributed by atoms with Crippen molar-refractivity contribution in [3.05, 3.63) is 71.8 Å². The summed E-state index contributed by atoms with van der Waals surface area (Å²) in [4.78, 5) is 31.7. The summed E-state index contributed by atoms with van der Waals surface area (Å²) >= 11 is 0. The van der Waals surface area contributed by atoms with Crippen molar-refractivity contribution in [2.75, 3.05) is 26.2 Å². The third kappa shape index (κ3) is 8.37. The van der Waals surface area contributed by atoms with E-state index in [9.17, 15) is 9.90 Å². The first-order valence-electron chi connectivity index (χ1n) is 16.9. The molecule has 9 nitrogen and oxygen atoms in total. The Morgan fingerprint density at radius 3 is 2.34 bits per heavy atom. The molecule has 2 fully saturated rings. The number of piperidine rings is 1. The lowest BCUT2D eigenvalue weighted by molar-refractivity contribution is -0.142. The van der Waals surface area contributed by atoms with Crippen molar-refractivity contribution in [3.63, 3.8) is 0 Å². The van der Waals surface area contributed by atoms with E-state index in [1.165, 1.54) is 69.4 Å². The van der Waals surface area contributed by atoms with Gasteiger partial charge in [-0.15, -0.1) is 0 Å². The molecule has 4 heterocycles. The molecule has 0 saturated carbocycles. The highest BCUT2D eigenvalue weighted by molar-refractivity contribution is 5.69. The maximum atomic E-state index is 11.5. The van der Waals surface area contributed by atoms with Crippen molar-refractivity contribution < 1.29 is 9.90 Å². The summed E-state index contributed by atoms with van der Waals surface area (Å²) in [5.41, 5.74) is 3.17. The minimum atomic E-state index is -0.723. The van der Waals surface area contributed by atoms with Crippen LogP contribution in [0.4, 0.5) is 0 Å². The van der Waals surface area contributed by atoms with E-state index in [-0.39, 0.29) is 5.92 Å². The zero-order valence-corrected chi connectivity index (χ0v) is 27.1. The lowest BCUT2D eigenvalue weighted by Gasteiger charge is -2.42. The Hall–Kier alpha value is -3.01. The first-order valence-corrected chi connectivity index (χ1v) is 16.9. The number of H-pyrrole nitrogens is 1. The normalized spacial score (nSPS) is 18.1. The molecule has 0 radical (unpaired) electrons. The van der Waals surface area contributed by atoms with E-state index >= 15 is 0 Å². The largest absolute Gasteiger partial charge is 0.481 e. The van der Waals surface area contributed by atoms with Crippen LogP contribution in [-0.2, 0) is 37.5 Å². The number of nitrogens with one attached hydrogen (secondary N) is 1. The molecule has 9 heteroatoms. The van der Waals surface area contributed by atoms with Gasteiger partial charge in [0, 0.05) is 57.0 Å². The number of rotatable bonds is 16. The predicted molar refractivity (Wildman–Crippen MR) is 174 cm³/mol. The molecule has 1 spiro atoms. The number of carboxylic acid groups (broad SMARTS) is 1. The van der Waals surface area contributed by atoms with Crippen LogP contribution in [0.15, 0.2) is 49.1 Å². The highest BCUT2D eigenvalue weighted by Gasteiger charge is 2.41. The van der Waals surface area contributed by atoms with Crippen LogP contribution in [0, 0.1) is 11.3 Å². The van der Waals surface area contributed by atoms with Crippen LogP contribution in [0.3, 0.4) is 0 Å². The van der Waals surface area contributed by atoms with Crippen molar-refractivity contribution in [1.82, 2.24) is 34.2 Å². The van der Waals surface area contributed by atoms with Gasteiger partial charge >= 0.3 is 5.97 Å². The molecule has 0 bridgehead atoms. The number of benzene rings is 1. The number of carbonyl (C=O) groups is 1. The zero-order chi connectivity index (χ0) is 30.9. The number of aryl methyl sites for hydroxylation is 1. The van der Waals surface area contributed by atoms with Crippen molar-refractivity contribution in [2.24, 2.45) is 11.3 Å². The van der Waals surface area contributed by atoms with E-state index in [1.807, 2.05) is 25.5 Å². The van der Waals surface area contributed by atoms with Gasteiger partial charge in [0.05, 0.1) is 19.0 Å². The summed E-state index contributed by atoms with van der Waals surface area (Å²) in [6.07, 6.45) is 15.2. The van der Waals surface area contributed by atoms with Crippen LogP contribution in [-0.4, -0.2) is 77.5 Å². The topological polar surface area (TPSA) is 93.5 Å². The summed E-state index contributed by atoms with van der Waals surface area (Å²) in [5, 5.41) is 9.47. The van der Waals surface area contributed by atoms with Gasteiger partial charge in [-0.05, 0) is 81.1 Å². The minimum Gasteiger partial charge on any atom is -0.481 e. The number of nitrogens with zero attached hydrogens (tertiary/aromatic N) is 6. The van der Waals surface area contributed by atoms with E-state index in [0.717, 1.165) is 30.8 Å². The number of hydrogen-bond acceptors (Lipinski definition) is 6. The van der Waals surface area contributed by atoms with E-state index in [0.29, 0.717) is 37.9 Å². The standard InChI is InChI=1S/C35H53N7O2/c1-4-30(34(43)44)11-18-42-22-17-38-33(42)26-40(25-32-36-15-16-37-32)24-29-9-7-28(8-10-29)23-39-19-12-35(27-39)13-20-41(21-14-35)31(5-2)6-3/h7-10,15-17,22,30-31H,4-6,11-14,18-21,23-27H2,1-3H3,(H,36,37)(H,43,44). The first-order chi connectivity index (χ1) is 21.4. The highest BCUT2D eigenvalue weighted by atomic mass is 16.4. The molecule has 2 aliphatic heterocycles. The molecule has 2 saturated heterocycles. The Balaban J connectivity index is 1.16. The molecular weight excluding hydrogens is 550 g/mol. The molecule has 3 aromatic rings. The van der Waals surface area contributed by atoms with Crippen molar-refractivity contribution >= 4 is 5.97 Å². The van der Waals surface area contributed by atoms with Crippen LogP contribution in [0.5, 0.6) is 0 Å². The van der Waals surface area contributed by atoms with Crippen LogP contribution >= 0.6 is 0 Å². The number of aromatic amines is 1. The van der Waals surface area contributed by atoms with Crippen LogP contribution in [0.1, 0.15) is 88.5 Å². The maximum absolute atomic E-state index is 11.5. The maximum Gasteiger partial charge on any atom is 0.306 e. The number of likely N-dealkylation sites (tertiary alicyclic amines) is 2. The number of imidazole rings is 2. The number of aromatic nitrogens is 4. The minimum absolute atomic E-state index is 0.332. The molecule has 5 rings (SSSR count). The van der Waals surface area contributed by atoms with Crippen molar-refractivity contribution in [2.45, 2.75) is 104 Å². The van der Waals surface area contributed by atoms with Crippen LogP contribution in [0.25, 0.3) is 0 Å². The smallest absolute Gasteiger partial charge is 0.306 e. The average molecular weight is 604 g/mol. The Morgan fingerprint density at radius 1 is 0.955 bits per heavy atom. The van der Waals surface area contributed by atoms with Crippen LogP contribution < -0.4 is 0 Å². The number of carboxylic acids is 1. The van der Waals surface area contributed by atoms with Gasteiger partial charge in [0.15, 0.2) is 0 Å². The van der Waals surface area contributed by atoms with Gasteiger partial charge in [-0.3, -0.25) is 14.6 Å². The molecule has 2 N–H and O–H groups in total. The van der Waals surface area contributed by atoms with Gasteiger partial charge in [-0.25, -0.2) is 9.97 Å². The lowest BCUT2D eigenvalue weighted by Crippen LogP contribution is -2.45. The van der Waals surface area contributed by atoms with E-state index in [4.69, 9.17) is 0 Å². The number of aliphatic carboxylic acids is 1. The van der Waals surface area contributed by atoms with Crippen molar-refractivity contribution in [3.8, 4) is 0 Å². The van der Waals surface area contributed by atoms with Crippen LogP contribution in [0.2, 0.25) is 0 Å². The molecule has 1 aromatic carbocycles. The van der Waals surface area contributed by atoms with Crippen molar-refractivity contribution in [1.29, 1.82) is 0 Å². The fourth-order valence-corrected chi connectivity index (χ4v) is 7.46. The predicted octanol–water partition coefficient (Wildman–Crippen LogP) is 5.79. The lowest BCUT2D eigenvalue weighted by atomic mass is 9.77. The molecule has 1 atom stereocenters. The van der Waals surface area contributed by atoms with E-state index in [2.05, 4.69) is 72.3 Å². The average Bonchev–Trinajstić information content (AvgIpc) is 3.79. The van der Waals surface area contributed by atoms with Gasteiger partial charge in [-0.1, -0.05) is 45.0 Å². The summed E-state index contributed by atoms with van der Waals surface area (Å²) in [5.74, 6) is 0.813. The fourth-order valence-electron chi connectivity index (χ4n) is 7.46. The van der Waals surface area contributed by atoms with Gasteiger partial charge < -0.3 is 19.6 Å². The Morgan fingerprint density at radius 2 is 1.68 bits per heavy atom. The zero-order valence-electron chi connectivity index (χ0n) is 27.1. The molecule has 2 aromatic heterocycles. The third-order valence-electron chi connectivity index (χ3n) is 10.3. The third-order valence-corrected chi connectivity index (χ3v) is 10.3. The summed E-state index contributed by atoms with van der Waals surface area (Å²) < 4.78 is 2.10. The Bertz CT molecular complexity index is 1280. The molecule has 2 aliphatic rings. The monoisotopic (exact) mass is 603 g/mol. The summed E-state index contributed by atoms with van der Waals surface area (Å²) in [6, 6.07) is 9.92. The second-order valence-electron chi connectivity index (χ2n) is 13.2. The summed E-state index contributed by atoms with van der Waals surface area (Å²) in [7, 11) is 0. The fraction of sp³-hybridized carbons (Fsp3) is 0.629. The van der Waals surface area contributed by atoms with Gasteiger partial charge in [0.1, 0.15) is 11.6 Å². The Kier molecular flexibility index (Phi) is 11.3.